The van der Waals surface area contributed by atoms with Crippen molar-refractivity contribution in [3.63, 3.8) is 0 Å². The summed E-state index contributed by atoms with van der Waals surface area (Å²) < 4.78 is 39.2. The minimum absolute atomic E-state index is 0.188. The van der Waals surface area contributed by atoms with Crippen LogP contribution in [0.2, 0.25) is 0 Å². The normalized spacial score (nSPS) is 26.7. The number of amides is 3. The van der Waals surface area contributed by atoms with Gasteiger partial charge in [0.15, 0.2) is 0 Å². The zero-order chi connectivity index (χ0) is 29.7. The van der Waals surface area contributed by atoms with E-state index in [-0.39, 0.29) is 24.8 Å². The van der Waals surface area contributed by atoms with Gasteiger partial charge in [-0.1, -0.05) is 49.9 Å². The fourth-order valence-corrected chi connectivity index (χ4v) is 7.67. The molecule has 2 atom stereocenters. The predicted molar refractivity (Wildman–Crippen MR) is 148 cm³/mol. The molecule has 1 spiro atoms. The molecule has 1 aliphatic carbocycles. The molecule has 2 aromatic carbocycles. The Balaban J connectivity index is 1.25. The Hall–Kier alpha value is -3.24. The van der Waals surface area contributed by atoms with E-state index in [1.165, 1.54) is 17.0 Å². The number of imide groups is 1. The number of benzene rings is 2. The lowest BCUT2D eigenvalue weighted by Gasteiger charge is -2.54. The molecule has 224 valence electrons. The standard InChI is InChI=1S/C32H36F3N3O4/c33-32(34,35)23-7-5-21(6-8-23)18-37-16-15-31(42,30(20-37)13-3-1-2-4-14-30)24-9-10-25-22(17-24)19-38(29(25)41)26-11-12-27(39)36-28(26)40/h5-10,17,26,42H,1-4,11-16,18-20H2,(H,36,39,40). The van der Waals surface area contributed by atoms with Crippen molar-refractivity contribution >= 4 is 17.7 Å². The molecule has 42 heavy (non-hydrogen) atoms. The van der Waals surface area contributed by atoms with Crippen LogP contribution in [0.1, 0.15) is 90.4 Å². The number of halogens is 3. The number of hydrogen-bond acceptors (Lipinski definition) is 5. The first-order valence-electron chi connectivity index (χ1n) is 14.9. The van der Waals surface area contributed by atoms with E-state index in [0.29, 0.717) is 38.0 Å². The number of piperidine rings is 2. The number of carbonyl (C=O) groups is 3. The molecular formula is C32H36F3N3O4. The van der Waals surface area contributed by atoms with Crippen molar-refractivity contribution in [1.29, 1.82) is 0 Å². The van der Waals surface area contributed by atoms with Crippen LogP contribution in [0.5, 0.6) is 0 Å². The Kier molecular flexibility index (Phi) is 7.42. The molecule has 0 aromatic heterocycles. The van der Waals surface area contributed by atoms with Crippen molar-refractivity contribution in [3.05, 3.63) is 70.3 Å². The molecule has 0 bridgehead atoms. The van der Waals surface area contributed by atoms with Gasteiger partial charge in [-0.05, 0) is 60.6 Å². The Bertz CT molecular complexity index is 1380. The molecule has 3 aliphatic heterocycles. The Morgan fingerprint density at radius 2 is 1.67 bits per heavy atom. The second kappa shape index (κ2) is 10.8. The largest absolute Gasteiger partial charge is 0.416 e. The quantitative estimate of drug-likeness (QED) is 0.500. The van der Waals surface area contributed by atoms with Crippen molar-refractivity contribution in [2.45, 2.75) is 88.7 Å². The van der Waals surface area contributed by atoms with E-state index in [1.54, 1.807) is 6.07 Å². The molecule has 6 rings (SSSR count). The van der Waals surface area contributed by atoms with E-state index in [0.717, 1.165) is 67.3 Å². The van der Waals surface area contributed by atoms with E-state index < -0.39 is 34.7 Å². The predicted octanol–water partition coefficient (Wildman–Crippen LogP) is 4.90. The molecule has 1 saturated carbocycles. The number of nitrogens with zero attached hydrogens (tertiary/aromatic N) is 2. The molecule has 10 heteroatoms. The average molecular weight is 584 g/mol. The molecule has 0 radical (unpaired) electrons. The average Bonchev–Trinajstić information content (AvgIpc) is 3.10. The van der Waals surface area contributed by atoms with Gasteiger partial charge in [0, 0.05) is 43.6 Å². The zero-order valence-electron chi connectivity index (χ0n) is 23.5. The third-order valence-corrected chi connectivity index (χ3v) is 9.94. The van der Waals surface area contributed by atoms with Crippen LogP contribution in [-0.4, -0.2) is 51.8 Å². The van der Waals surface area contributed by atoms with Crippen LogP contribution in [0.15, 0.2) is 42.5 Å². The number of aliphatic hydroxyl groups is 1. The fraction of sp³-hybridized carbons (Fsp3) is 0.531. The molecule has 2 N–H and O–H groups in total. The van der Waals surface area contributed by atoms with Crippen molar-refractivity contribution < 1.29 is 32.7 Å². The van der Waals surface area contributed by atoms with Crippen molar-refractivity contribution in [1.82, 2.24) is 15.1 Å². The molecule has 3 heterocycles. The Labute approximate surface area is 243 Å². The molecule has 3 amide bonds. The lowest BCUT2D eigenvalue weighted by atomic mass is 9.60. The maximum absolute atomic E-state index is 13.3. The smallest absolute Gasteiger partial charge is 0.384 e. The number of nitrogens with one attached hydrogen (secondary N) is 1. The van der Waals surface area contributed by atoms with Crippen LogP contribution in [0.3, 0.4) is 0 Å². The highest BCUT2D eigenvalue weighted by molar-refractivity contribution is 6.05. The number of fused-ring (bicyclic) bond motifs is 1. The van der Waals surface area contributed by atoms with Crippen LogP contribution in [0.25, 0.3) is 0 Å². The van der Waals surface area contributed by atoms with E-state index in [9.17, 15) is 32.7 Å². The maximum Gasteiger partial charge on any atom is 0.416 e. The zero-order valence-corrected chi connectivity index (χ0v) is 23.5. The van der Waals surface area contributed by atoms with Crippen LogP contribution in [-0.2, 0) is 34.5 Å². The summed E-state index contributed by atoms with van der Waals surface area (Å²) in [4.78, 5) is 41.1. The van der Waals surface area contributed by atoms with Crippen LogP contribution >= 0.6 is 0 Å². The maximum atomic E-state index is 13.3. The number of likely N-dealkylation sites (tertiary alicyclic amines) is 1. The molecule has 2 unspecified atom stereocenters. The molecule has 4 aliphatic rings. The third kappa shape index (κ3) is 5.13. The lowest BCUT2D eigenvalue weighted by Crippen LogP contribution is -2.57. The highest BCUT2D eigenvalue weighted by Gasteiger charge is 2.54. The van der Waals surface area contributed by atoms with Crippen LogP contribution in [0.4, 0.5) is 13.2 Å². The summed E-state index contributed by atoms with van der Waals surface area (Å²) in [6, 6.07) is 10.2. The van der Waals surface area contributed by atoms with Gasteiger partial charge in [-0.15, -0.1) is 0 Å². The second-order valence-electron chi connectivity index (χ2n) is 12.5. The van der Waals surface area contributed by atoms with Crippen LogP contribution in [0, 0.1) is 5.41 Å². The highest BCUT2D eigenvalue weighted by atomic mass is 19.4. The Morgan fingerprint density at radius 1 is 0.952 bits per heavy atom. The summed E-state index contributed by atoms with van der Waals surface area (Å²) in [5, 5.41) is 14.9. The summed E-state index contributed by atoms with van der Waals surface area (Å²) in [6.45, 7) is 1.97. The summed E-state index contributed by atoms with van der Waals surface area (Å²) >= 11 is 0. The first kappa shape index (κ1) is 28.9. The summed E-state index contributed by atoms with van der Waals surface area (Å²) in [5.41, 5.74) is 0.637. The van der Waals surface area contributed by atoms with Crippen LogP contribution < -0.4 is 5.32 Å². The van der Waals surface area contributed by atoms with Gasteiger partial charge in [0.05, 0.1) is 11.2 Å². The molecule has 7 nitrogen and oxygen atoms in total. The fourth-order valence-electron chi connectivity index (χ4n) is 7.67. The van der Waals surface area contributed by atoms with E-state index in [1.807, 2.05) is 12.1 Å². The SMILES string of the molecule is O=C1CCC(N2Cc3cc(C4(O)CCN(Cc5ccc(C(F)(F)F)cc5)CC45CCCCCC5)ccc3C2=O)C(=O)N1. The van der Waals surface area contributed by atoms with Gasteiger partial charge in [-0.2, -0.15) is 13.2 Å². The van der Waals surface area contributed by atoms with E-state index in [4.69, 9.17) is 0 Å². The lowest BCUT2D eigenvalue weighted by molar-refractivity contribution is -0.151. The summed E-state index contributed by atoms with van der Waals surface area (Å²) in [7, 11) is 0. The summed E-state index contributed by atoms with van der Waals surface area (Å²) in [5.74, 6) is -1.03. The number of hydrogen-bond donors (Lipinski definition) is 2. The summed E-state index contributed by atoms with van der Waals surface area (Å²) in [6.07, 6.45) is 2.42. The molecule has 3 fully saturated rings. The first-order valence-corrected chi connectivity index (χ1v) is 14.9. The first-order chi connectivity index (χ1) is 20.0. The minimum Gasteiger partial charge on any atom is -0.384 e. The van der Waals surface area contributed by atoms with Gasteiger partial charge in [-0.25, -0.2) is 0 Å². The van der Waals surface area contributed by atoms with E-state index >= 15 is 0 Å². The van der Waals surface area contributed by atoms with Gasteiger partial charge in [0.1, 0.15) is 6.04 Å². The molecular weight excluding hydrogens is 547 g/mol. The van der Waals surface area contributed by atoms with Crippen molar-refractivity contribution in [3.8, 4) is 0 Å². The monoisotopic (exact) mass is 583 g/mol. The minimum atomic E-state index is -4.37. The Morgan fingerprint density at radius 3 is 2.33 bits per heavy atom. The topological polar surface area (TPSA) is 90.0 Å². The molecule has 2 saturated heterocycles. The number of alkyl halides is 3. The molecule has 2 aromatic rings. The number of carbonyl (C=O) groups excluding carboxylic acids is 3. The van der Waals surface area contributed by atoms with Gasteiger partial charge < -0.3 is 10.0 Å². The second-order valence-corrected chi connectivity index (χ2v) is 12.5. The van der Waals surface area contributed by atoms with Gasteiger partial charge in [-0.3, -0.25) is 24.6 Å². The number of rotatable bonds is 4. The van der Waals surface area contributed by atoms with Crippen molar-refractivity contribution in [2.24, 2.45) is 5.41 Å². The van der Waals surface area contributed by atoms with E-state index in [2.05, 4.69) is 10.2 Å². The van der Waals surface area contributed by atoms with Gasteiger partial charge >= 0.3 is 6.18 Å². The van der Waals surface area contributed by atoms with Gasteiger partial charge in [0.25, 0.3) is 5.91 Å². The third-order valence-electron chi connectivity index (χ3n) is 9.94. The van der Waals surface area contributed by atoms with Crippen molar-refractivity contribution in [2.75, 3.05) is 13.1 Å². The van der Waals surface area contributed by atoms with Gasteiger partial charge in [0.2, 0.25) is 11.8 Å². The highest BCUT2D eigenvalue weighted by Crippen LogP contribution is 2.54.